The fourth-order valence-electron chi connectivity index (χ4n) is 0.635. The molecule has 1 rings (SSSR count). The van der Waals surface area contributed by atoms with Gasteiger partial charge in [-0.15, -0.1) is 0 Å². The number of hydrogen-bond donors (Lipinski definition) is 1. The van der Waals surface area contributed by atoms with Gasteiger partial charge in [0.05, 0.1) is 5.69 Å². The number of imidazole rings is 1. The highest BCUT2D eigenvalue weighted by molar-refractivity contribution is 5.20. The molecule has 0 aliphatic heterocycles. The van der Waals surface area contributed by atoms with Gasteiger partial charge in [0.2, 0.25) is 0 Å². The number of nitrogen functional groups attached to an aromatic ring is 1. The third kappa shape index (κ3) is 0.665. The van der Waals surface area contributed by atoms with Gasteiger partial charge in [-0.2, -0.15) is 0 Å². The number of aromatic nitrogens is 2. The van der Waals surface area contributed by atoms with Gasteiger partial charge in [-0.3, -0.25) is 0 Å². The van der Waals surface area contributed by atoms with Crippen LogP contribution in [-0.2, 0) is 7.05 Å². The van der Waals surface area contributed by atoms with E-state index in [0.717, 1.165) is 5.69 Å². The molecule has 0 unspecified atom stereocenters. The van der Waals surface area contributed by atoms with Crippen LogP contribution >= 0.6 is 0 Å². The Morgan fingerprint density at radius 2 is 2.38 bits per heavy atom. The van der Waals surface area contributed by atoms with E-state index in [2.05, 4.69) is 4.98 Å². The summed E-state index contributed by atoms with van der Waals surface area (Å²) in [6.07, 6.45) is 1.88. The van der Waals surface area contributed by atoms with Crippen molar-refractivity contribution in [2.45, 2.75) is 6.92 Å². The zero-order chi connectivity index (χ0) is 6.15. The molecule has 0 saturated carbocycles. The smallest absolute Gasteiger partial charge is 0.200 e. The van der Waals surface area contributed by atoms with Crippen LogP contribution in [-0.4, -0.2) is 9.55 Å². The lowest BCUT2D eigenvalue weighted by Gasteiger charge is -1.87. The predicted octanol–water partition coefficient (Wildman–Crippen LogP) is 0.311. The molecular formula is C5H9N3. The second-order valence-electron chi connectivity index (χ2n) is 1.85. The van der Waals surface area contributed by atoms with Gasteiger partial charge in [-0.25, -0.2) is 4.98 Å². The van der Waals surface area contributed by atoms with E-state index in [1.54, 1.807) is 4.57 Å². The molecule has 0 fully saturated rings. The first kappa shape index (κ1) is 5.15. The molecule has 0 saturated heterocycles. The summed E-state index contributed by atoms with van der Waals surface area (Å²) in [5.74, 6) is 0.572. The van der Waals surface area contributed by atoms with Crippen molar-refractivity contribution in [3.63, 3.8) is 0 Å². The Morgan fingerprint density at radius 1 is 1.75 bits per heavy atom. The van der Waals surface area contributed by atoms with E-state index < -0.39 is 0 Å². The minimum Gasteiger partial charge on any atom is -0.369 e. The first-order chi connectivity index (χ1) is 3.70. The number of nitrogens with two attached hydrogens (primary N) is 1. The normalized spacial score (nSPS) is 9.75. The molecule has 3 nitrogen and oxygen atoms in total. The molecule has 0 bridgehead atoms. The zero-order valence-electron chi connectivity index (χ0n) is 5.05. The highest BCUT2D eigenvalue weighted by atomic mass is 15.1. The third-order valence-corrected chi connectivity index (χ3v) is 1.03. The standard InChI is InChI=1S/C5H9N3/c1-4-3-8(2)5(6)7-4/h3H,1-2H3,(H2,6,7). The molecular weight excluding hydrogens is 102 g/mol. The van der Waals surface area contributed by atoms with Crippen LogP contribution in [0.1, 0.15) is 5.69 Å². The van der Waals surface area contributed by atoms with Crippen LogP contribution in [0.2, 0.25) is 0 Å². The molecule has 8 heavy (non-hydrogen) atoms. The third-order valence-electron chi connectivity index (χ3n) is 1.03. The second kappa shape index (κ2) is 1.51. The van der Waals surface area contributed by atoms with Crippen molar-refractivity contribution < 1.29 is 0 Å². The summed E-state index contributed by atoms with van der Waals surface area (Å²) in [6.45, 7) is 1.91. The fraction of sp³-hybridized carbons (Fsp3) is 0.400. The predicted molar refractivity (Wildman–Crippen MR) is 32.4 cm³/mol. The summed E-state index contributed by atoms with van der Waals surface area (Å²) in [5, 5.41) is 0. The zero-order valence-corrected chi connectivity index (χ0v) is 5.05. The molecule has 0 spiro atoms. The Morgan fingerprint density at radius 3 is 2.50 bits per heavy atom. The lowest BCUT2D eigenvalue weighted by molar-refractivity contribution is 0.929. The minimum atomic E-state index is 0.572. The number of aryl methyl sites for hydroxylation is 2. The van der Waals surface area contributed by atoms with Crippen LogP contribution in [0, 0.1) is 6.92 Å². The summed E-state index contributed by atoms with van der Waals surface area (Å²) in [6, 6.07) is 0. The highest BCUT2D eigenvalue weighted by Crippen LogP contribution is 1.98. The monoisotopic (exact) mass is 111 g/mol. The van der Waals surface area contributed by atoms with Crippen molar-refractivity contribution in [2.24, 2.45) is 7.05 Å². The van der Waals surface area contributed by atoms with Crippen molar-refractivity contribution in [2.75, 3.05) is 5.73 Å². The maximum absolute atomic E-state index is 5.39. The van der Waals surface area contributed by atoms with Gasteiger partial charge in [-0.1, -0.05) is 0 Å². The van der Waals surface area contributed by atoms with Crippen LogP contribution in [0.3, 0.4) is 0 Å². The van der Waals surface area contributed by atoms with Crippen molar-refractivity contribution in [1.82, 2.24) is 9.55 Å². The van der Waals surface area contributed by atoms with Gasteiger partial charge < -0.3 is 10.3 Å². The SMILES string of the molecule is Cc1cn(C)c(N)n1. The number of rotatable bonds is 0. The molecule has 3 heteroatoms. The van der Waals surface area contributed by atoms with Crippen LogP contribution in [0.15, 0.2) is 6.20 Å². The Bertz CT molecular complexity index is 170. The Labute approximate surface area is 48.1 Å². The Kier molecular flexibility index (Phi) is 0.970. The van der Waals surface area contributed by atoms with E-state index >= 15 is 0 Å². The summed E-state index contributed by atoms with van der Waals surface area (Å²) >= 11 is 0. The van der Waals surface area contributed by atoms with Crippen molar-refractivity contribution >= 4 is 5.95 Å². The molecule has 1 heterocycles. The average molecular weight is 111 g/mol. The molecule has 0 atom stereocenters. The minimum absolute atomic E-state index is 0.572. The van der Waals surface area contributed by atoms with Crippen molar-refractivity contribution in [3.05, 3.63) is 11.9 Å². The van der Waals surface area contributed by atoms with Crippen LogP contribution in [0.25, 0.3) is 0 Å². The highest BCUT2D eigenvalue weighted by Gasteiger charge is 1.92. The van der Waals surface area contributed by atoms with E-state index in [4.69, 9.17) is 5.73 Å². The molecule has 0 radical (unpaired) electrons. The quantitative estimate of drug-likeness (QED) is 0.523. The van der Waals surface area contributed by atoms with Crippen LogP contribution in [0.5, 0.6) is 0 Å². The maximum atomic E-state index is 5.39. The summed E-state index contributed by atoms with van der Waals surface area (Å²) in [5.41, 5.74) is 6.36. The first-order valence-electron chi connectivity index (χ1n) is 2.45. The molecule has 2 N–H and O–H groups in total. The van der Waals surface area contributed by atoms with Crippen LogP contribution < -0.4 is 5.73 Å². The summed E-state index contributed by atoms with van der Waals surface area (Å²) in [7, 11) is 1.87. The van der Waals surface area contributed by atoms with Gasteiger partial charge in [0.1, 0.15) is 0 Å². The van der Waals surface area contributed by atoms with E-state index in [-0.39, 0.29) is 0 Å². The van der Waals surface area contributed by atoms with Gasteiger partial charge in [-0.05, 0) is 6.92 Å². The van der Waals surface area contributed by atoms with Gasteiger partial charge in [0.15, 0.2) is 5.95 Å². The molecule has 1 aromatic heterocycles. The summed E-state index contributed by atoms with van der Waals surface area (Å²) < 4.78 is 1.79. The van der Waals surface area contributed by atoms with Gasteiger partial charge in [0.25, 0.3) is 0 Å². The fourth-order valence-corrected chi connectivity index (χ4v) is 0.635. The number of nitrogens with zero attached hydrogens (tertiary/aromatic N) is 2. The molecule has 0 aliphatic carbocycles. The Hall–Kier alpha value is -0.990. The second-order valence-corrected chi connectivity index (χ2v) is 1.85. The molecule has 44 valence electrons. The Balaban J connectivity index is 3.14. The molecule has 0 aromatic carbocycles. The van der Waals surface area contributed by atoms with Crippen LogP contribution in [0.4, 0.5) is 5.95 Å². The van der Waals surface area contributed by atoms with Crippen molar-refractivity contribution in [3.8, 4) is 0 Å². The lowest BCUT2D eigenvalue weighted by Crippen LogP contribution is -1.94. The lowest BCUT2D eigenvalue weighted by atomic mass is 10.6. The average Bonchev–Trinajstić information content (AvgIpc) is 1.85. The molecule has 1 aromatic rings. The number of anilines is 1. The maximum Gasteiger partial charge on any atom is 0.200 e. The summed E-state index contributed by atoms with van der Waals surface area (Å²) in [4.78, 5) is 3.95. The molecule has 0 amide bonds. The van der Waals surface area contributed by atoms with E-state index in [9.17, 15) is 0 Å². The largest absolute Gasteiger partial charge is 0.369 e. The molecule has 0 aliphatic rings. The van der Waals surface area contributed by atoms with E-state index in [0.29, 0.717) is 5.95 Å². The number of hydrogen-bond acceptors (Lipinski definition) is 2. The van der Waals surface area contributed by atoms with E-state index in [1.807, 2.05) is 20.2 Å². The topological polar surface area (TPSA) is 43.8 Å². The first-order valence-corrected chi connectivity index (χ1v) is 2.45. The van der Waals surface area contributed by atoms with Gasteiger partial charge >= 0.3 is 0 Å². The van der Waals surface area contributed by atoms with Gasteiger partial charge in [0, 0.05) is 13.2 Å². The van der Waals surface area contributed by atoms with E-state index in [1.165, 1.54) is 0 Å². The van der Waals surface area contributed by atoms with Crippen molar-refractivity contribution in [1.29, 1.82) is 0 Å².